The maximum atomic E-state index is 12.6. The molecule has 0 unspecified atom stereocenters. The molecule has 1 N–H and O–H groups in total. The number of nitrogens with one attached hydrogen (secondary N) is 1. The Morgan fingerprint density at radius 3 is 2.76 bits per heavy atom. The predicted molar refractivity (Wildman–Crippen MR) is 127 cm³/mol. The Bertz CT molecular complexity index is 1290. The molecule has 11 heteroatoms. The highest BCUT2D eigenvalue weighted by Gasteiger charge is 2.20. The number of amides is 1. The summed E-state index contributed by atoms with van der Waals surface area (Å²) >= 11 is 1.60. The van der Waals surface area contributed by atoms with Gasteiger partial charge in [-0.05, 0) is 17.9 Å². The number of anilines is 1. The summed E-state index contributed by atoms with van der Waals surface area (Å²) in [6, 6.07) is 7.47. The number of benzene rings is 1. The first-order valence-electron chi connectivity index (χ1n) is 10.9. The smallest absolute Gasteiger partial charge is 0.271 e. The molecule has 1 aliphatic heterocycles. The summed E-state index contributed by atoms with van der Waals surface area (Å²) in [5.74, 6) is 1.50. The average Bonchev–Trinajstić information content (AvgIpc) is 3.26. The molecular formula is C22H24N8O2S. The highest BCUT2D eigenvalue weighted by Crippen LogP contribution is 2.27. The Morgan fingerprint density at radius 2 is 1.94 bits per heavy atom. The quantitative estimate of drug-likeness (QED) is 0.325. The molecule has 4 heterocycles. The van der Waals surface area contributed by atoms with Crippen molar-refractivity contribution in [3.05, 3.63) is 42.4 Å². The first-order chi connectivity index (χ1) is 16.2. The van der Waals surface area contributed by atoms with Gasteiger partial charge in [-0.3, -0.25) is 9.78 Å². The van der Waals surface area contributed by atoms with Crippen LogP contribution < -0.4 is 10.2 Å². The molecule has 4 aromatic rings. The zero-order chi connectivity index (χ0) is 22.6. The third-order valence-corrected chi connectivity index (χ3v) is 6.06. The molecule has 170 valence electrons. The zero-order valence-corrected chi connectivity index (χ0v) is 19.1. The van der Waals surface area contributed by atoms with Gasteiger partial charge in [0, 0.05) is 19.6 Å². The lowest BCUT2D eigenvalue weighted by Crippen LogP contribution is -2.37. The van der Waals surface area contributed by atoms with Crippen molar-refractivity contribution < 1.29 is 9.53 Å². The molecule has 1 saturated heterocycles. The third kappa shape index (κ3) is 4.60. The number of hydrogen-bond donors (Lipinski definition) is 1. The summed E-state index contributed by atoms with van der Waals surface area (Å²) in [5.41, 5.74) is 2.50. The Morgan fingerprint density at radius 1 is 1.12 bits per heavy atom. The maximum absolute atomic E-state index is 12.6. The van der Waals surface area contributed by atoms with Crippen molar-refractivity contribution in [2.45, 2.75) is 18.6 Å². The van der Waals surface area contributed by atoms with E-state index < -0.39 is 0 Å². The van der Waals surface area contributed by atoms with E-state index in [2.05, 4.69) is 32.2 Å². The van der Waals surface area contributed by atoms with E-state index in [4.69, 9.17) is 14.7 Å². The Balaban J connectivity index is 1.33. The highest BCUT2D eigenvalue weighted by atomic mass is 32.2. The van der Waals surface area contributed by atoms with Gasteiger partial charge < -0.3 is 15.0 Å². The average molecular weight is 465 g/mol. The number of rotatable bonds is 7. The van der Waals surface area contributed by atoms with E-state index in [0.29, 0.717) is 31.8 Å². The van der Waals surface area contributed by atoms with Crippen LogP contribution in [0.4, 0.5) is 5.82 Å². The molecule has 0 atom stereocenters. The summed E-state index contributed by atoms with van der Waals surface area (Å²) in [7, 11) is 0. The molecule has 3 aromatic heterocycles. The van der Waals surface area contributed by atoms with Crippen molar-refractivity contribution >= 4 is 45.6 Å². The number of nitrogens with zero attached hydrogens (tertiary/aromatic N) is 7. The molecule has 1 amide bonds. The number of fused-ring (bicyclic) bond motifs is 2. The van der Waals surface area contributed by atoms with Gasteiger partial charge in [-0.1, -0.05) is 30.8 Å². The molecule has 1 aromatic carbocycles. The monoisotopic (exact) mass is 464 g/mol. The van der Waals surface area contributed by atoms with E-state index in [1.807, 2.05) is 28.9 Å². The number of ether oxygens (including phenoxy) is 1. The van der Waals surface area contributed by atoms with Crippen molar-refractivity contribution in [3.8, 4) is 0 Å². The molecule has 0 bridgehead atoms. The Hall–Kier alpha value is -3.31. The van der Waals surface area contributed by atoms with Gasteiger partial charge in [0.1, 0.15) is 11.5 Å². The van der Waals surface area contributed by atoms with Gasteiger partial charge in [0.05, 0.1) is 48.6 Å². The van der Waals surface area contributed by atoms with Crippen molar-refractivity contribution in [1.29, 1.82) is 0 Å². The van der Waals surface area contributed by atoms with Crippen LogP contribution in [0.2, 0.25) is 0 Å². The van der Waals surface area contributed by atoms with Crippen LogP contribution in [0.25, 0.3) is 22.1 Å². The summed E-state index contributed by atoms with van der Waals surface area (Å²) < 4.78 is 7.30. The number of thioether (sulfide) groups is 1. The summed E-state index contributed by atoms with van der Waals surface area (Å²) in [6.45, 7) is 5.88. The second-order valence-electron chi connectivity index (χ2n) is 7.47. The van der Waals surface area contributed by atoms with Gasteiger partial charge in [-0.25, -0.2) is 19.6 Å². The van der Waals surface area contributed by atoms with Crippen LogP contribution in [0.1, 0.15) is 17.4 Å². The van der Waals surface area contributed by atoms with E-state index in [1.165, 1.54) is 6.20 Å². The molecule has 0 radical (unpaired) electrons. The number of morpholine rings is 1. The van der Waals surface area contributed by atoms with E-state index in [-0.39, 0.29) is 11.6 Å². The van der Waals surface area contributed by atoms with Gasteiger partial charge in [-0.2, -0.15) is 5.10 Å². The van der Waals surface area contributed by atoms with Crippen LogP contribution in [0.15, 0.2) is 41.8 Å². The van der Waals surface area contributed by atoms with Crippen LogP contribution in [-0.4, -0.2) is 74.2 Å². The molecule has 0 spiro atoms. The molecule has 10 nitrogen and oxygen atoms in total. The van der Waals surface area contributed by atoms with Crippen molar-refractivity contribution in [2.75, 3.05) is 43.5 Å². The minimum atomic E-state index is -0.268. The van der Waals surface area contributed by atoms with Crippen LogP contribution in [0, 0.1) is 0 Å². The van der Waals surface area contributed by atoms with Crippen LogP contribution in [-0.2, 0) is 11.3 Å². The lowest BCUT2D eigenvalue weighted by molar-refractivity contribution is 0.0947. The van der Waals surface area contributed by atoms with E-state index in [1.54, 1.807) is 18.0 Å². The fourth-order valence-corrected chi connectivity index (χ4v) is 4.29. The highest BCUT2D eigenvalue weighted by molar-refractivity contribution is 7.99. The van der Waals surface area contributed by atoms with Crippen molar-refractivity contribution in [1.82, 2.24) is 35.0 Å². The number of carbonyl (C=O) groups is 1. The Kier molecular flexibility index (Phi) is 6.31. The topological polar surface area (TPSA) is 111 Å². The molecule has 1 fully saturated rings. The minimum absolute atomic E-state index is 0.268. The van der Waals surface area contributed by atoms with E-state index >= 15 is 0 Å². The summed E-state index contributed by atoms with van der Waals surface area (Å²) in [4.78, 5) is 33.0. The molecule has 0 saturated carbocycles. The fourth-order valence-electron chi connectivity index (χ4n) is 3.73. The molecule has 33 heavy (non-hydrogen) atoms. The van der Waals surface area contributed by atoms with Gasteiger partial charge >= 0.3 is 0 Å². The van der Waals surface area contributed by atoms with Crippen LogP contribution >= 0.6 is 11.8 Å². The normalized spacial score (nSPS) is 14.2. The van der Waals surface area contributed by atoms with Gasteiger partial charge in [-0.15, -0.1) is 0 Å². The van der Waals surface area contributed by atoms with E-state index in [0.717, 1.165) is 46.4 Å². The maximum Gasteiger partial charge on any atom is 0.271 e. The van der Waals surface area contributed by atoms with Crippen molar-refractivity contribution in [3.63, 3.8) is 0 Å². The first-order valence-corrected chi connectivity index (χ1v) is 11.9. The van der Waals surface area contributed by atoms with Crippen molar-refractivity contribution in [2.24, 2.45) is 0 Å². The van der Waals surface area contributed by atoms with Gasteiger partial charge in [0.2, 0.25) is 0 Å². The number of hydrogen-bond acceptors (Lipinski definition) is 9. The molecular weight excluding hydrogens is 440 g/mol. The molecule has 5 rings (SSSR count). The van der Waals surface area contributed by atoms with Gasteiger partial charge in [0.25, 0.3) is 5.91 Å². The SMILES string of the molecule is CCSc1nc(N2CCOCC2)c2cnn(CCNC(=O)c3cnc4ccccc4n3)c2n1. The number of aromatic nitrogens is 6. The predicted octanol–water partition coefficient (Wildman–Crippen LogP) is 2.15. The first kappa shape index (κ1) is 21.5. The second-order valence-corrected chi connectivity index (χ2v) is 8.70. The lowest BCUT2D eigenvalue weighted by atomic mass is 10.3. The largest absolute Gasteiger partial charge is 0.378 e. The summed E-state index contributed by atoms with van der Waals surface area (Å²) in [5, 5.41) is 9.07. The summed E-state index contributed by atoms with van der Waals surface area (Å²) in [6.07, 6.45) is 3.30. The molecule has 0 aliphatic carbocycles. The molecule has 1 aliphatic rings. The number of para-hydroxylation sites is 2. The number of carbonyl (C=O) groups excluding carboxylic acids is 1. The third-order valence-electron chi connectivity index (χ3n) is 5.33. The standard InChI is InChI=1S/C22H24N8O2S/c1-2-33-22-27-19(29-9-11-32-12-10-29)15-13-25-30(20(15)28-22)8-7-23-21(31)18-14-24-16-5-3-4-6-17(16)26-18/h3-6,13-14H,2,7-12H2,1H3,(H,23,31). The fraction of sp³-hybridized carbons (Fsp3) is 0.364. The van der Waals surface area contributed by atoms with E-state index in [9.17, 15) is 4.79 Å². The minimum Gasteiger partial charge on any atom is -0.378 e. The zero-order valence-electron chi connectivity index (χ0n) is 18.3. The second kappa shape index (κ2) is 9.67. The van der Waals surface area contributed by atoms with Crippen LogP contribution in [0.3, 0.4) is 0 Å². The lowest BCUT2D eigenvalue weighted by Gasteiger charge is -2.28. The Labute approximate surface area is 194 Å². The van der Waals surface area contributed by atoms with Gasteiger partial charge in [0.15, 0.2) is 10.8 Å². The van der Waals surface area contributed by atoms with Crippen LogP contribution in [0.5, 0.6) is 0 Å².